The molecule has 0 aromatic heterocycles. The highest BCUT2D eigenvalue weighted by Gasteiger charge is 2.29. The standard InChI is InChI=1S/C77H140O16P2/c1-4-7-10-13-16-19-22-25-27-28-29-30-31-32-33-34-35-36-37-38-39-40-41-42-44-47-48-51-54-57-60-63-75(80)87-66-72(78)67-89-94(83,84)90-68-73(79)69-91-95(85,86)92-71-74(93-77(82)65-62-59-56-53-50-45-24-21-18-15-12-9-6-3)70-88-76(81)64-61-58-55-52-49-46-43-26-23-20-17-14-11-8-5-2/h16-17,19-20,25-27,29-30,32-33,43,72-74,78-79H,4-15,18,21-24,28,31,34-42,44-71H2,1-3H3,(H,83,84)(H,85,86)/b19-16-,20-17-,27-25-,30-29-,33-32-,43-26-. The van der Waals surface area contributed by atoms with Gasteiger partial charge in [-0.25, -0.2) is 9.13 Å². The van der Waals surface area contributed by atoms with Gasteiger partial charge in [0.2, 0.25) is 0 Å². The first kappa shape index (κ1) is 92.0. The van der Waals surface area contributed by atoms with Crippen molar-refractivity contribution >= 4 is 33.6 Å². The molecule has 0 aliphatic carbocycles. The second-order valence-electron chi connectivity index (χ2n) is 25.8. The molecular weight excluding hydrogens is 1240 g/mol. The van der Waals surface area contributed by atoms with Gasteiger partial charge in [-0.05, 0) is 96.3 Å². The maximum Gasteiger partial charge on any atom is 0.472 e. The zero-order valence-electron chi connectivity index (χ0n) is 60.3. The van der Waals surface area contributed by atoms with Gasteiger partial charge < -0.3 is 34.2 Å². The minimum atomic E-state index is -4.92. The van der Waals surface area contributed by atoms with Gasteiger partial charge in [0.15, 0.2) is 6.10 Å². The minimum Gasteiger partial charge on any atom is -0.463 e. The number of rotatable bonds is 73. The summed E-state index contributed by atoms with van der Waals surface area (Å²) in [6.07, 6.45) is 76.8. The fourth-order valence-corrected chi connectivity index (χ4v) is 12.1. The zero-order valence-corrected chi connectivity index (χ0v) is 62.1. The normalized spacial score (nSPS) is 14.5. The highest BCUT2D eigenvalue weighted by molar-refractivity contribution is 7.47. The van der Waals surface area contributed by atoms with E-state index in [4.69, 9.17) is 32.3 Å². The van der Waals surface area contributed by atoms with Gasteiger partial charge in [0.1, 0.15) is 25.4 Å². The van der Waals surface area contributed by atoms with Crippen molar-refractivity contribution in [1.82, 2.24) is 0 Å². The quantitative estimate of drug-likeness (QED) is 0.0146. The van der Waals surface area contributed by atoms with E-state index in [1.807, 2.05) is 0 Å². The number of carbonyl (C=O) groups excluding carboxylic acids is 3. The third-order valence-electron chi connectivity index (χ3n) is 16.4. The summed E-state index contributed by atoms with van der Waals surface area (Å²) in [5.74, 6) is -1.57. The predicted molar refractivity (Wildman–Crippen MR) is 390 cm³/mol. The average molecular weight is 1380 g/mol. The van der Waals surface area contributed by atoms with Gasteiger partial charge in [-0.3, -0.25) is 32.5 Å². The summed E-state index contributed by atoms with van der Waals surface area (Å²) in [7, 11) is -9.77. The SMILES string of the molecule is CCCCC/C=C\C/C=C\C/C=C\C/C=C\CCCCCCCCCCCCCCCCCC(=O)OCC(O)COP(=O)(O)OCC(O)COP(=O)(O)OCC(COC(=O)CCCCCCC/C=C\C/C=C\CCCCC)OC(=O)CCCCCCCCCCCCCCC. The Morgan fingerprint density at radius 3 is 0.853 bits per heavy atom. The Hall–Kier alpha value is -3.01. The van der Waals surface area contributed by atoms with Crippen molar-refractivity contribution in [3.05, 3.63) is 72.9 Å². The summed E-state index contributed by atoms with van der Waals surface area (Å²) in [6, 6.07) is 0. The van der Waals surface area contributed by atoms with Crippen LogP contribution in [0, 0.1) is 0 Å². The van der Waals surface area contributed by atoms with E-state index in [0.717, 1.165) is 109 Å². The molecule has 0 aromatic carbocycles. The van der Waals surface area contributed by atoms with Crippen LogP contribution in [0.25, 0.3) is 0 Å². The number of aliphatic hydroxyl groups excluding tert-OH is 2. The number of hydrogen-bond donors (Lipinski definition) is 4. The first-order chi connectivity index (χ1) is 46.2. The van der Waals surface area contributed by atoms with Crippen LogP contribution in [0.1, 0.15) is 342 Å². The third-order valence-corrected chi connectivity index (χ3v) is 18.3. The van der Waals surface area contributed by atoms with Crippen LogP contribution in [-0.2, 0) is 55.8 Å². The number of aliphatic hydroxyl groups is 2. The molecule has 0 bridgehead atoms. The van der Waals surface area contributed by atoms with Gasteiger partial charge in [-0.2, -0.15) is 0 Å². The molecule has 0 aliphatic rings. The molecule has 0 radical (unpaired) electrons. The van der Waals surface area contributed by atoms with Crippen molar-refractivity contribution in [3.63, 3.8) is 0 Å². The lowest BCUT2D eigenvalue weighted by atomic mass is 10.0. The van der Waals surface area contributed by atoms with Crippen LogP contribution in [-0.4, -0.2) is 95.9 Å². The molecule has 0 rings (SSSR count). The van der Waals surface area contributed by atoms with Crippen LogP contribution >= 0.6 is 15.6 Å². The van der Waals surface area contributed by atoms with Gasteiger partial charge in [0, 0.05) is 19.3 Å². The summed E-state index contributed by atoms with van der Waals surface area (Å²) in [5, 5.41) is 20.6. The lowest BCUT2D eigenvalue weighted by Crippen LogP contribution is -2.30. The molecule has 0 aliphatic heterocycles. The lowest BCUT2D eigenvalue weighted by Gasteiger charge is -2.21. The Bertz CT molecular complexity index is 2020. The third kappa shape index (κ3) is 72.1. The number of ether oxygens (including phenoxy) is 3. The first-order valence-electron chi connectivity index (χ1n) is 38.2. The number of carbonyl (C=O) groups is 3. The van der Waals surface area contributed by atoms with E-state index in [-0.39, 0.29) is 19.3 Å². The summed E-state index contributed by atoms with van der Waals surface area (Å²) < 4.78 is 61.0. The maximum atomic E-state index is 12.9. The van der Waals surface area contributed by atoms with E-state index in [0.29, 0.717) is 19.3 Å². The van der Waals surface area contributed by atoms with E-state index in [1.54, 1.807) is 0 Å². The molecule has 0 aromatic rings. The van der Waals surface area contributed by atoms with Crippen molar-refractivity contribution in [3.8, 4) is 0 Å². The van der Waals surface area contributed by atoms with Crippen molar-refractivity contribution < 1.29 is 75.8 Å². The molecule has 0 fully saturated rings. The Labute approximate surface area is 579 Å². The van der Waals surface area contributed by atoms with Gasteiger partial charge >= 0.3 is 33.6 Å². The van der Waals surface area contributed by atoms with Crippen LogP contribution in [0.3, 0.4) is 0 Å². The van der Waals surface area contributed by atoms with Crippen LogP contribution in [0.5, 0.6) is 0 Å². The fraction of sp³-hybridized carbons (Fsp3) is 0.805. The molecule has 0 spiro atoms. The van der Waals surface area contributed by atoms with E-state index >= 15 is 0 Å². The van der Waals surface area contributed by atoms with Crippen LogP contribution in [0.4, 0.5) is 0 Å². The molecule has 0 amide bonds. The average Bonchev–Trinajstić information content (AvgIpc) is 1.75. The van der Waals surface area contributed by atoms with Gasteiger partial charge in [-0.1, -0.05) is 299 Å². The minimum absolute atomic E-state index is 0.107. The molecule has 5 unspecified atom stereocenters. The highest BCUT2D eigenvalue weighted by atomic mass is 31.2. The Morgan fingerprint density at radius 2 is 0.526 bits per heavy atom. The number of phosphoric ester groups is 2. The summed E-state index contributed by atoms with van der Waals surface area (Å²) in [4.78, 5) is 58.4. The van der Waals surface area contributed by atoms with Crippen molar-refractivity contribution in [1.29, 1.82) is 0 Å². The molecule has 5 atom stereocenters. The van der Waals surface area contributed by atoms with E-state index in [2.05, 4.69) is 93.7 Å². The van der Waals surface area contributed by atoms with Crippen molar-refractivity contribution in [2.75, 3.05) is 39.6 Å². The van der Waals surface area contributed by atoms with Crippen LogP contribution in [0.2, 0.25) is 0 Å². The monoisotopic (exact) mass is 1380 g/mol. The van der Waals surface area contributed by atoms with Crippen molar-refractivity contribution in [2.45, 2.75) is 360 Å². The lowest BCUT2D eigenvalue weighted by molar-refractivity contribution is -0.161. The second kappa shape index (κ2) is 70.8. The number of phosphoric acid groups is 2. The molecule has 0 heterocycles. The smallest absolute Gasteiger partial charge is 0.463 e. The summed E-state index contributed by atoms with van der Waals surface area (Å²) in [5.41, 5.74) is 0. The molecule has 0 saturated carbocycles. The van der Waals surface area contributed by atoms with E-state index in [9.17, 15) is 43.5 Å². The largest absolute Gasteiger partial charge is 0.472 e. The van der Waals surface area contributed by atoms with E-state index in [1.165, 1.54) is 173 Å². The predicted octanol–water partition coefficient (Wildman–Crippen LogP) is 21.9. The van der Waals surface area contributed by atoms with Crippen LogP contribution in [0.15, 0.2) is 72.9 Å². The molecule has 16 nitrogen and oxygen atoms in total. The molecule has 0 saturated heterocycles. The molecule has 554 valence electrons. The van der Waals surface area contributed by atoms with E-state index < -0.39 is 91.5 Å². The van der Waals surface area contributed by atoms with Crippen molar-refractivity contribution in [2.24, 2.45) is 0 Å². The highest BCUT2D eigenvalue weighted by Crippen LogP contribution is 2.45. The zero-order chi connectivity index (χ0) is 69.5. The number of unbranched alkanes of at least 4 members (excludes halogenated alkanes) is 38. The second-order valence-corrected chi connectivity index (χ2v) is 28.7. The number of hydrogen-bond acceptors (Lipinski definition) is 14. The number of allylic oxidation sites excluding steroid dienone is 12. The molecule has 4 N–H and O–H groups in total. The van der Waals surface area contributed by atoms with Crippen LogP contribution < -0.4 is 0 Å². The molecule has 18 heteroatoms. The van der Waals surface area contributed by atoms with Gasteiger partial charge in [0.25, 0.3) is 0 Å². The fourth-order valence-electron chi connectivity index (χ4n) is 10.5. The summed E-state index contributed by atoms with van der Waals surface area (Å²) >= 11 is 0. The molecule has 95 heavy (non-hydrogen) atoms. The molecular formula is C77H140O16P2. The topological polar surface area (TPSA) is 231 Å². The Morgan fingerprint density at radius 1 is 0.295 bits per heavy atom. The summed E-state index contributed by atoms with van der Waals surface area (Å²) in [6.45, 7) is 2.64. The maximum absolute atomic E-state index is 12.9. The Kier molecular flexibility index (Phi) is 68.6. The Balaban J connectivity index is 4.38. The van der Waals surface area contributed by atoms with Gasteiger partial charge in [-0.15, -0.1) is 0 Å². The van der Waals surface area contributed by atoms with Gasteiger partial charge in [0.05, 0.1) is 26.4 Å². The first-order valence-corrected chi connectivity index (χ1v) is 41.2. The number of esters is 3.